The highest BCUT2D eigenvalue weighted by Gasteiger charge is 2.15. The molecule has 0 saturated carbocycles. The number of rotatable bonds is 11. The Morgan fingerprint density at radius 1 is 1.04 bits per heavy atom. The van der Waals surface area contributed by atoms with Crippen molar-refractivity contribution >= 4 is 18.1 Å². The van der Waals surface area contributed by atoms with Gasteiger partial charge in [0.2, 0.25) is 5.91 Å². The maximum absolute atomic E-state index is 11.3. The topological polar surface area (TPSA) is 135 Å². The van der Waals surface area contributed by atoms with Crippen molar-refractivity contribution in [2.24, 2.45) is 0 Å². The Bertz CT molecular complexity index is 361. The SMILES string of the molecule is CC.CNC(=O)OCC(COC(=O)NC)OCCCC(=O)NCCO.[HH].[HH].[HH]. The number of carbonyl (C=O) groups is 3. The number of alkyl carbamates (subject to hydrolysis) is 2. The van der Waals surface area contributed by atoms with Crippen LogP contribution >= 0.6 is 0 Å². The molecule has 0 aliphatic carbocycles. The molecule has 0 aromatic carbocycles. The largest absolute Gasteiger partial charge is 0.447 e. The summed E-state index contributed by atoms with van der Waals surface area (Å²) in [7, 11) is 2.84. The van der Waals surface area contributed by atoms with Crippen molar-refractivity contribution in [2.75, 3.05) is 47.1 Å². The van der Waals surface area contributed by atoms with Gasteiger partial charge in [0.25, 0.3) is 0 Å². The second kappa shape index (κ2) is 18.3. The van der Waals surface area contributed by atoms with Crippen LogP contribution in [0.1, 0.15) is 31.0 Å². The maximum atomic E-state index is 11.3. The molecule has 0 rings (SSSR count). The molecule has 0 radical (unpaired) electrons. The van der Waals surface area contributed by atoms with Gasteiger partial charge in [0, 0.05) is 37.9 Å². The highest BCUT2D eigenvalue weighted by atomic mass is 16.6. The van der Waals surface area contributed by atoms with Crippen LogP contribution in [0.15, 0.2) is 0 Å². The number of aliphatic hydroxyl groups is 1. The number of aliphatic hydroxyl groups excluding tert-OH is 1. The first-order valence-corrected chi connectivity index (χ1v) is 8.21. The molecule has 0 saturated heterocycles. The van der Waals surface area contributed by atoms with Crippen molar-refractivity contribution in [1.82, 2.24) is 16.0 Å². The number of nitrogens with one attached hydrogen (secondary N) is 3. The molecule has 0 spiro atoms. The van der Waals surface area contributed by atoms with Crippen LogP contribution in [-0.4, -0.2) is 76.4 Å². The van der Waals surface area contributed by atoms with Crippen molar-refractivity contribution in [3.63, 3.8) is 0 Å². The first-order valence-electron chi connectivity index (χ1n) is 8.21. The quantitative estimate of drug-likeness (QED) is 0.393. The summed E-state index contributed by atoms with van der Waals surface area (Å²) < 4.78 is 15.2. The first-order chi connectivity index (χ1) is 12.0. The molecule has 25 heavy (non-hydrogen) atoms. The average molecular weight is 371 g/mol. The zero-order chi connectivity index (χ0) is 19.5. The second-order valence-corrected chi connectivity index (χ2v) is 4.37. The Labute approximate surface area is 153 Å². The molecule has 0 bridgehead atoms. The summed E-state index contributed by atoms with van der Waals surface area (Å²) in [6.07, 6.45) is -1.21. The van der Waals surface area contributed by atoms with Gasteiger partial charge in [0.05, 0.1) is 6.61 Å². The van der Waals surface area contributed by atoms with Gasteiger partial charge in [0.15, 0.2) is 0 Å². The van der Waals surface area contributed by atoms with E-state index >= 15 is 0 Å². The summed E-state index contributed by atoms with van der Waals surface area (Å²) in [4.78, 5) is 33.4. The summed E-state index contributed by atoms with van der Waals surface area (Å²) >= 11 is 0. The lowest BCUT2D eigenvalue weighted by Gasteiger charge is -2.17. The third kappa shape index (κ3) is 16.6. The van der Waals surface area contributed by atoms with Crippen molar-refractivity contribution in [1.29, 1.82) is 0 Å². The second-order valence-electron chi connectivity index (χ2n) is 4.37. The van der Waals surface area contributed by atoms with Crippen molar-refractivity contribution in [3.05, 3.63) is 0 Å². The van der Waals surface area contributed by atoms with E-state index in [0.717, 1.165) is 0 Å². The smallest absolute Gasteiger partial charge is 0.406 e. The molecule has 0 unspecified atom stereocenters. The van der Waals surface area contributed by atoms with Crippen molar-refractivity contribution < 1.29 is 38.0 Å². The Morgan fingerprint density at radius 3 is 2.00 bits per heavy atom. The molecular formula is C15H37N3O7. The monoisotopic (exact) mass is 371 g/mol. The van der Waals surface area contributed by atoms with Crippen LogP contribution in [0.2, 0.25) is 0 Å². The van der Waals surface area contributed by atoms with Gasteiger partial charge in [-0.3, -0.25) is 4.79 Å². The molecule has 3 amide bonds. The molecule has 0 aliphatic heterocycles. The number of ether oxygens (including phenoxy) is 3. The van der Waals surface area contributed by atoms with Crippen LogP contribution in [0, 0.1) is 0 Å². The van der Waals surface area contributed by atoms with E-state index in [1.807, 2.05) is 13.8 Å². The van der Waals surface area contributed by atoms with Gasteiger partial charge in [-0.05, 0) is 6.42 Å². The number of carbonyl (C=O) groups excluding carboxylic acids is 3. The Morgan fingerprint density at radius 2 is 1.56 bits per heavy atom. The molecule has 4 N–H and O–H groups in total. The fourth-order valence-corrected chi connectivity index (χ4v) is 1.39. The Balaban J connectivity index is -0.000000340. The normalized spacial score (nSPS) is 9.52. The van der Waals surface area contributed by atoms with Crippen LogP contribution in [0.25, 0.3) is 0 Å². The lowest BCUT2D eigenvalue weighted by atomic mass is 10.3. The van der Waals surface area contributed by atoms with E-state index in [1.165, 1.54) is 14.1 Å². The van der Waals surface area contributed by atoms with Gasteiger partial charge >= 0.3 is 12.2 Å². The van der Waals surface area contributed by atoms with Crippen molar-refractivity contribution in [2.45, 2.75) is 32.8 Å². The molecule has 10 heteroatoms. The number of amides is 3. The Hall–Kier alpha value is -2.07. The van der Waals surface area contributed by atoms with Gasteiger partial charge in [-0.2, -0.15) is 0 Å². The third-order valence-electron chi connectivity index (χ3n) is 2.54. The van der Waals surface area contributed by atoms with Gasteiger partial charge in [0.1, 0.15) is 19.3 Å². The van der Waals surface area contributed by atoms with E-state index in [4.69, 9.17) is 19.3 Å². The van der Waals surface area contributed by atoms with Crippen LogP contribution in [0.3, 0.4) is 0 Å². The van der Waals surface area contributed by atoms with E-state index in [0.29, 0.717) is 6.42 Å². The van der Waals surface area contributed by atoms with Crippen LogP contribution in [0.4, 0.5) is 9.59 Å². The van der Waals surface area contributed by atoms with Crippen LogP contribution < -0.4 is 16.0 Å². The molecule has 0 aromatic heterocycles. The van der Waals surface area contributed by atoms with E-state index in [2.05, 4.69) is 16.0 Å². The lowest BCUT2D eigenvalue weighted by Crippen LogP contribution is -2.33. The lowest BCUT2D eigenvalue weighted by molar-refractivity contribution is -0.121. The van der Waals surface area contributed by atoms with Gasteiger partial charge < -0.3 is 35.3 Å². The highest BCUT2D eigenvalue weighted by molar-refractivity contribution is 5.75. The highest BCUT2D eigenvalue weighted by Crippen LogP contribution is 2.00. The third-order valence-corrected chi connectivity index (χ3v) is 2.54. The summed E-state index contributed by atoms with van der Waals surface area (Å²) in [6.45, 7) is 4.15. The Kier molecular flexibility index (Phi) is 18.4. The molecule has 0 heterocycles. The minimum atomic E-state index is -0.634. The van der Waals surface area contributed by atoms with E-state index in [9.17, 15) is 14.4 Å². The van der Waals surface area contributed by atoms with Crippen LogP contribution in [-0.2, 0) is 19.0 Å². The van der Waals surface area contributed by atoms with Crippen LogP contribution in [0.5, 0.6) is 0 Å². The van der Waals surface area contributed by atoms with Gasteiger partial charge in [-0.15, -0.1) is 0 Å². The number of hydrogen-bond acceptors (Lipinski definition) is 7. The predicted octanol–water partition coefficient (Wildman–Crippen LogP) is 0.737. The summed E-state index contributed by atoms with van der Waals surface area (Å²) in [5.41, 5.74) is 0. The van der Waals surface area contributed by atoms with E-state index < -0.39 is 18.3 Å². The van der Waals surface area contributed by atoms with Gasteiger partial charge in [-0.25, -0.2) is 9.59 Å². The predicted molar refractivity (Wildman–Crippen MR) is 97.6 cm³/mol. The minimum Gasteiger partial charge on any atom is -0.447 e. The summed E-state index contributed by atoms with van der Waals surface area (Å²) in [6, 6.07) is 0. The molecule has 0 fully saturated rings. The zero-order valence-electron chi connectivity index (χ0n) is 15.4. The molecular weight excluding hydrogens is 334 g/mol. The number of hydrogen-bond donors (Lipinski definition) is 4. The average Bonchev–Trinajstić information content (AvgIpc) is 2.65. The first kappa shape index (κ1) is 25.2. The molecule has 0 atom stereocenters. The summed E-state index contributed by atoms with van der Waals surface area (Å²) in [5, 5.41) is 15.7. The fourth-order valence-electron chi connectivity index (χ4n) is 1.39. The molecule has 154 valence electrons. The van der Waals surface area contributed by atoms with Gasteiger partial charge in [-0.1, -0.05) is 13.8 Å². The minimum absolute atomic E-state index is 0. The standard InChI is InChI=1S/C13H25N3O7.C2H6.3H2/c1-14-12(19)22-8-10(9-23-13(20)15-2)21-7-3-4-11(18)16-5-6-17;1-2;;;/h10,17H,3-9H2,1-2H3,(H,14,19)(H,15,20)(H,16,18);1-2H3;3*1H. The van der Waals surface area contributed by atoms with Crippen molar-refractivity contribution in [3.8, 4) is 0 Å². The summed E-state index contributed by atoms with van der Waals surface area (Å²) in [5.74, 6) is -0.192. The zero-order valence-corrected chi connectivity index (χ0v) is 15.4. The molecule has 10 nitrogen and oxygen atoms in total. The fraction of sp³-hybridized carbons (Fsp3) is 0.800. The molecule has 0 aliphatic rings. The molecule has 0 aromatic rings. The maximum Gasteiger partial charge on any atom is 0.406 e. The van der Waals surface area contributed by atoms with E-state index in [1.54, 1.807) is 0 Å². The van der Waals surface area contributed by atoms with E-state index in [-0.39, 0.29) is 49.6 Å².